The SMILES string of the molecule is Cc1ccc(CC(=O)C2CCCCC2N)cc1C. The van der Waals surface area contributed by atoms with E-state index in [-0.39, 0.29) is 12.0 Å². The van der Waals surface area contributed by atoms with Crippen LogP contribution in [0, 0.1) is 19.8 Å². The van der Waals surface area contributed by atoms with Gasteiger partial charge in [-0.15, -0.1) is 0 Å². The Kier molecular flexibility index (Phi) is 4.18. The maximum Gasteiger partial charge on any atom is 0.141 e. The fourth-order valence-electron chi connectivity index (χ4n) is 2.81. The van der Waals surface area contributed by atoms with Gasteiger partial charge in [0.05, 0.1) is 0 Å². The number of carbonyl (C=O) groups is 1. The lowest BCUT2D eigenvalue weighted by molar-refractivity contribution is -0.123. The van der Waals surface area contributed by atoms with Crippen LogP contribution in [0.3, 0.4) is 0 Å². The van der Waals surface area contributed by atoms with Crippen molar-refractivity contribution in [1.29, 1.82) is 0 Å². The number of nitrogens with two attached hydrogens (primary N) is 1. The van der Waals surface area contributed by atoms with Crippen LogP contribution in [0.2, 0.25) is 0 Å². The van der Waals surface area contributed by atoms with Crippen LogP contribution in [-0.2, 0) is 11.2 Å². The molecule has 2 N–H and O–H groups in total. The first-order chi connectivity index (χ1) is 8.58. The molecule has 2 heteroatoms. The predicted octanol–water partition coefficient (Wildman–Crippen LogP) is 2.93. The molecular weight excluding hydrogens is 222 g/mol. The van der Waals surface area contributed by atoms with Crippen LogP contribution in [-0.4, -0.2) is 11.8 Å². The number of hydrogen-bond acceptors (Lipinski definition) is 2. The number of rotatable bonds is 3. The van der Waals surface area contributed by atoms with Crippen LogP contribution in [0.1, 0.15) is 42.4 Å². The number of Topliss-reactive ketones (excluding diaryl/α,β-unsaturated/α-hetero) is 1. The van der Waals surface area contributed by atoms with Crippen molar-refractivity contribution in [2.75, 3.05) is 0 Å². The second-order valence-electron chi connectivity index (χ2n) is 5.62. The van der Waals surface area contributed by atoms with Gasteiger partial charge >= 0.3 is 0 Å². The summed E-state index contributed by atoms with van der Waals surface area (Å²) in [7, 11) is 0. The molecule has 0 radical (unpaired) electrons. The molecule has 2 atom stereocenters. The lowest BCUT2D eigenvalue weighted by Gasteiger charge is -2.27. The lowest BCUT2D eigenvalue weighted by atomic mass is 9.80. The van der Waals surface area contributed by atoms with Gasteiger partial charge in [0.1, 0.15) is 5.78 Å². The number of hydrogen-bond donors (Lipinski definition) is 1. The van der Waals surface area contributed by atoms with Crippen molar-refractivity contribution in [3.8, 4) is 0 Å². The second kappa shape index (κ2) is 5.66. The molecule has 1 aliphatic carbocycles. The quantitative estimate of drug-likeness (QED) is 0.889. The highest BCUT2D eigenvalue weighted by Crippen LogP contribution is 2.25. The van der Waals surface area contributed by atoms with E-state index in [1.807, 2.05) is 0 Å². The molecule has 0 amide bonds. The second-order valence-corrected chi connectivity index (χ2v) is 5.62. The molecule has 98 valence electrons. The molecule has 0 aromatic heterocycles. The van der Waals surface area contributed by atoms with Crippen molar-refractivity contribution in [3.05, 3.63) is 34.9 Å². The smallest absolute Gasteiger partial charge is 0.141 e. The van der Waals surface area contributed by atoms with E-state index in [9.17, 15) is 4.79 Å². The van der Waals surface area contributed by atoms with Gasteiger partial charge in [-0.25, -0.2) is 0 Å². The molecule has 1 aromatic rings. The van der Waals surface area contributed by atoms with E-state index in [0.29, 0.717) is 12.2 Å². The summed E-state index contributed by atoms with van der Waals surface area (Å²) in [5.41, 5.74) is 9.73. The Morgan fingerprint density at radius 1 is 1.22 bits per heavy atom. The van der Waals surface area contributed by atoms with Crippen LogP contribution >= 0.6 is 0 Å². The van der Waals surface area contributed by atoms with Crippen LogP contribution in [0.25, 0.3) is 0 Å². The van der Waals surface area contributed by atoms with Gasteiger partial charge in [-0.1, -0.05) is 31.0 Å². The van der Waals surface area contributed by atoms with Gasteiger partial charge in [-0.05, 0) is 43.4 Å². The van der Waals surface area contributed by atoms with E-state index >= 15 is 0 Å². The van der Waals surface area contributed by atoms with Crippen molar-refractivity contribution in [2.45, 2.75) is 52.0 Å². The number of carbonyl (C=O) groups excluding carboxylic acids is 1. The largest absolute Gasteiger partial charge is 0.327 e. The van der Waals surface area contributed by atoms with Crippen LogP contribution in [0.15, 0.2) is 18.2 Å². The fourth-order valence-corrected chi connectivity index (χ4v) is 2.81. The monoisotopic (exact) mass is 245 g/mol. The van der Waals surface area contributed by atoms with Crippen molar-refractivity contribution in [1.82, 2.24) is 0 Å². The molecule has 0 heterocycles. The van der Waals surface area contributed by atoms with Gasteiger partial charge in [0.15, 0.2) is 0 Å². The first-order valence-electron chi connectivity index (χ1n) is 6.92. The zero-order chi connectivity index (χ0) is 13.1. The molecule has 0 bridgehead atoms. The van der Waals surface area contributed by atoms with Crippen molar-refractivity contribution in [3.63, 3.8) is 0 Å². The molecule has 0 saturated heterocycles. The molecular formula is C16H23NO. The highest BCUT2D eigenvalue weighted by molar-refractivity contribution is 5.84. The third-order valence-corrected chi connectivity index (χ3v) is 4.18. The standard InChI is InChI=1S/C16H23NO/c1-11-7-8-13(9-12(11)2)10-16(18)14-5-3-4-6-15(14)17/h7-9,14-15H,3-6,10,17H2,1-2H3. The highest BCUT2D eigenvalue weighted by Gasteiger charge is 2.27. The minimum absolute atomic E-state index is 0.0813. The summed E-state index contributed by atoms with van der Waals surface area (Å²) in [4.78, 5) is 12.3. The Bertz CT molecular complexity index is 439. The van der Waals surface area contributed by atoms with E-state index in [1.54, 1.807) is 0 Å². The topological polar surface area (TPSA) is 43.1 Å². The first kappa shape index (κ1) is 13.3. The summed E-state index contributed by atoms with van der Waals surface area (Å²) in [6, 6.07) is 6.37. The first-order valence-corrected chi connectivity index (χ1v) is 6.92. The average Bonchev–Trinajstić information content (AvgIpc) is 2.34. The van der Waals surface area contributed by atoms with Crippen LogP contribution in [0.5, 0.6) is 0 Å². The van der Waals surface area contributed by atoms with Gasteiger partial charge in [0.25, 0.3) is 0 Å². The molecule has 2 rings (SSSR count). The lowest BCUT2D eigenvalue weighted by Crippen LogP contribution is -2.38. The van der Waals surface area contributed by atoms with E-state index < -0.39 is 0 Å². The van der Waals surface area contributed by atoms with Gasteiger partial charge in [-0.3, -0.25) is 4.79 Å². The third-order valence-electron chi connectivity index (χ3n) is 4.18. The van der Waals surface area contributed by atoms with Gasteiger partial charge < -0.3 is 5.73 Å². The Balaban J connectivity index is 2.04. The summed E-state index contributed by atoms with van der Waals surface area (Å²) in [5, 5.41) is 0. The van der Waals surface area contributed by atoms with Crippen molar-refractivity contribution in [2.24, 2.45) is 11.7 Å². The van der Waals surface area contributed by atoms with Gasteiger partial charge in [0.2, 0.25) is 0 Å². The maximum atomic E-state index is 12.3. The Hall–Kier alpha value is -1.15. The zero-order valence-corrected chi connectivity index (χ0v) is 11.4. The molecule has 2 unspecified atom stereocenters. The molecule has 18 heavy (non-hydrogen) atoms. The fraction of sp³-hybridized carbons (Fsp3) is 0.562. The predicted molar refractivity (Wildman–Crippen MR) is 74.6 cm³/mol. The van der Waals surface area contributed by atoms with E-state index in [2.05, 4.69) is 32.0 Å². The number of benzene rings is 1. The Morgan fingerprint density at radius 2 is 1.94 bits per heavy atom. The normalized spacial score (nSPS) is 23.9. The summed E-state index contributed by atoms with van der Waals surface area (Å²) >= 11 is 0. The van der Waals surface area contributed by atoms with Gasteiger partial charge in [0, 0.05) is 18.4 Å². The third kappa shape index (κ3) is 2.99. The molecule has 0 spiro atoms. The highest BCUT2D eigenvalue weighted by atomic mass is 16.1. The van der Waals surface area contributed by atoms with E-state index in [4.69, 9.17) is 5.73 Å². The molecule has 0 aliphatic heterocycles. The maximum absolute atomic E-state index is 12.3. The Morgan fingerprint density at radius 3 is 2.61 bits per heavy atom. The molecule has 1 saturated carbocycles. The van der Waals surface area contributed by atoms with Gasteiger partial charge in [-0.2, -0.15) is 0 Å². The van der Waals surface area contributed by atoms with Crippen molar-refractivity contribution < 1.29 is 4.79 Å². The molecule has 2 nitrogen and oxygen atoms in total. The minimum Gasteiger partial charge on any atom is -0.327 e. The molecule has 1 aliphatic rings. The van der Waals surface area contributed by atoms with Crippen molar-refractivity contribution >= 4 is 5.78 Å². The molecule has 1 aromatic carbocycles. The average molecular weight is 245 g/mol. The Labute approximate surface area is 110 Å². The van der Waals surface area contributed by atoms with E-state index in [1.165, 1.54) is 17.5 Å². The van der Waals surface area contributed by atoms with Crippen LogP contribution < -0.4 is 5.73 Å². The van der Waals surface area contributed by atoms with Crippen LogP contribution in [0.4, 0.5) is 0 Å². The minimum atomic E-state index is 0.0813. The zero-order valence-electron chi connectivity index (χ0n) is 11.4. The number of ketones is 1. The summed E-state index contributed by atoms with van der Waals surface area (Å²) in [5.74, 6) is 0.408. The summed E-state index contributed by atoms with van der Waals surface area (Å²) in [6.07, 6.45) is 4.85. The summed E-state index contributed by atoms with van der Waals surface area (Å²) < 4.78 is 0. The summed E-state index contributed by atoms with van der Waals surface area (Å²) in [6.45, 7) is 4.19. The number of aryl methyl sites for hydroxylation is 2. The molecule has 1 fully saturated rings. The van der Waals surface area contributed by atoms with E-state index in [0.717, 1.165) is 24.8 Å².